The van der Waals surface area contributed by atoms with Gasteiger partial charge in [0.05, 0.1) is 0 Å². The summed E-state index contributed by atoms with van der Waals surface area (Å²) in [5.41, 5.74) is 0. The topological polar surface area (TPSA) is 0 Å². The summed E-state index contributed by atoms with van der Waals surface area (Å²) in [7, 11) is 0. The van der Waals surface area contributed by atoms with Crippen LogP contribution in [0.4, 0.5) is 0 Å². The van der Waals surface area contributed by atoms with Crippen molar-refractivity contribution in [3.8, 4) is 0 Å². The number of hydrogen-bond donors (Lipinski definition) is 2. The zero-order valence-electron chi connectivity index (χ0n) is 1.20. The Morgan fingerprint density at radius 2 is 1.00 bits per heavy atom. The van der Waals surface area contributed by atoms with Gasteiger partial charge in [-0.05, 0) is 0 Å². The molecule has 0 N–H and O–H groups in total. The molecule has 0 unspecified atom stereocenters. The van der Waals surface area contributed by atoms with Crippen LogP contribution in [0.25, 0.3) is 0 Å². The van der Waals surface area contributed by atoms with Crippen molar-refractivity contribution in [2.75, 3.05) is 0 Å². The molecule has 1 radical (unpaired) electrons. The Hall–Kier alpha value is 2.73. The molecule has 0 bridgehead atoms. The average molecular weight is 320 g/mol. The molecule has 0 atom stereocenters. The summed E-state index contributed by atoms with van der Waals surface area (Å²) in [6.07, 6.45) is 0. The van der Waals surface area contributed by atoms with Gasteiger partial charge in [0.15, 0.2) is 0 Å². The summed E-state index contributed by atoms with van der Waals surface area (Å²) in [4.78, 5) is 0. The van der Waals surface area contributed by atoms with Gasteiger partial charge in [0.1, 0.15) is 0 Å². The van der Waals surface area contributed by atoms with Gasteiger partial charge in [-0.3, -0.25) is 0 Å². The van der Waals surface area contributed by atoms with E-state index in [1.807, 2.05) is 0 Å². The van der Waals surface area contributed by atoms with Crippen LogP contribution in [0.1, 0.15) is 0 Å². The van der Waals surface area contributed by atoms with Crippen molar-refractivity contribution in [1.29, 1.82) is 0 Å². The fourth-order valence-electron chi connectivity index (χ4n) is 0. The van der Waals surface area contributed by atoms with Crippen LogP contribution in [-0.2, 0) is 17.1 Å². The molecule has 0 aromatic carbocycles. The maximum absolute atomic E-state index is 3.22. The molecule has 37 valence electrons. The van der Waals surface area contributed by atoms with Crippen molar-refractivity contribution in [3.63, 3.8) is 0 Å². The van der Waals surface area contributed by atoms with E-state index in [1.165, 1.54) is 0 Å². The fourth-order valence-corrected chi connectivity index (χ4v) is 0. The molecule has 0 saturated heterocycles. The molecule has 0 saturated carbocycles. The molecule has 0 aromatic heterocycles. The van der Waals surface area contributed by atoms with Gasteiger partial charge in [-0.25, -0.2) is 0 Å². The number of rotatable bonds is 0. The van der Waals surface area contributed by atoms with Crippen LogP contribution in [0.15, 0.2) is 0 Å². The summed E-state index contributed by atoms with van der Waals surface area (Å²) in [6, 6.07) is 0. The number of hydrogen-bond acceptors (Lipinski definition) is 2. The minimum absolute atomic E-state index is 0. The molecule has 0 fully saturated rings. The summed E-state index contributed by atoms with van der Waals surface area (Å²) in [5, 5.41) is 0. The second-order valence-corrected chi connectivity index (χ2v) is 0. The van der Waals surface area contributed by atoms with E-state index in [9.17, 15) is 0 Å². The standard InChI is InChI=1S/Cu.Ga.In.H2S2.6H/c;;;1-2;;;;;;/h;;;1-2H;;;;;;. The summed E-state index contributed by atoms with van der Waals surface area (Å²) in [5.74, 6) is 0. The third-order valence-corrected chi connectivity index (χ3v) is 0. The molecule has 0 heterocycles. The fraction of sp³-hybridized carbons (Fsp3) is 0. The third-order valence-electron chi connectivity index (χ3n) is 0. The second kappa shape index (κ2) is 29.7. The van der Waals surface area contributed by atoms with Crippen LogP contribution >= 0.6 is 23.3 Å². The Balaban J connectivity index is -0.00000000167. The number of thiol groups is 2. The van der Waals surface area contributed by atoms with Crippen LogP contribution in [0.2, 0.25) is 0 Å². The zero-order valence-corrected chi connectivity index (χ0v) is 3.93. The molecule has 0 aliphatic carbocycles. The second-order valence-electron chi connectivity index (χ2n) is 0. The Kier molecular flexibility index (Phi) is 149. The summed E-state index contributed by atoms with van der Waals surface area (Å²) in [6.45, 7) is 0. The Bertz CT molecular complexity index is 9.61. The molecule has 0 nitrogen and oxygen atoms in total. The first-order valence-corrected chi connectivity index (χ1v) is 1.80. The molecular weight excluding hydrogens is 312 g/mol. The van der Waals surface area contributed by atoms with E-state index in [-0.39, 0.29) is 62.7 Å². The van der Waals surface area contributed by atoms with Gasteiger partial charge in [0.25, 0.3) is 0 Å². The van der Waals surface area contributed by atoms with Crippen LogP contribution in [-0.4, -0.2) is 45.6 Å². The molecule has 0 amide bonds. The van der Waals surface area contributed by atoms with E-state index < -0.39 is 0 Å². The molecule has 0 aliphatic heterocycles. The molecular formula is H8CuGaInS2. The van der Waals surface area contributed by atoms with E-state index in [2.05, 4.69) is 23.3 Å². The first-order valence-electron chi connectivity index (χ1n) is 0.200. The first-order chi connectivity index (χ1) is 1.00. The van der Waals surface area contributed by atoms with Crippen molar-refractivity contribution in [3.05, 3.63) is 0 Å². The SMILES string of the molecule is SS.[Cu].[GaH3].[InH3]. The van der Waals surface area contributed by atoms with Crippen LogP contribution < -0.4 is 0 Å². The van der Waals surface area contributed by atoms with E-state index in [1.54, 1.807) is 0 Å². The van der Waals surface area contributed by atoms with E-state index in [0.29, 0.717) is 0 Å². The predicted octanol–water partition coefficient (Wildman–Crippen LogP) is -1.61. The Morgan fingerprint density at radius 1 is 1.00 bits per heavy atom. The van der Waals surface area contributed by atoms with Crippen molar-refractivity contribution >= 4 is 69.0 Å². The monoisotopic (exact) mass is 319 g/mol. The van der Waals surface area contributed by atoms with Gasteiger partial charge in [0, 0.05) is 17.1 Å². The first kappa shape index (κ1) is 25.2. The van der Waals surface area contributed by atoms with Crippen LogP contribution in [0.3, 0.4) is 0 Å². The van der Waals surface area contributed by atoms with Crippen molar-refractivity contribution in [2.45, 2.75) is 0 Å². The van der Waals surface area contributed by atoms with E-state index in [4.69, 9.17) is 0 Å². The van der Waals surface area contributed by atoms with Gasteiger partial charge in [-0.2, -0.15) is 0 Å². The summed E-state index contributed by atoms with van der Waals surface area (Å²) < 4.78 is 0. The molecule has 0 rings (SSSR count). The summed E-state index contributed by atoms with van der Waals surface area (Å²) >= 11 is 6.44. The minimum atomic E-state index is 0. The zero-order chi connectivity index (χ0) is 2.00. The molecule has 0 aromatic rings. The molecule has 5 heavy (non-hydrogen) atoms. The predicted molar refractivity (Wildman–Crippen MR) is 37.9 cm³/mol. The van der Waals surface area contributed by atoms with Gasteiger partial charge in [-0.15, -0.1) is 23.3 Å². The Labute approximate surface area is 84.8 Å². The normalized spacial score (nSPS) is 1.20. The Morgan fingerprint density at radius 3 is 1.00 bits per heavy atom. The quantitative estimate of drug-likeness (QED) is 0.300. The molecule has 0 aliphatic rings. The van der Waals surface area contributed by atoms with Crippen LogP contribution in [0, 0.1) is 0 Å². The van der Waals surface area contributed by atoms with Gasteiger partial charge in [-0.1, -0.05) is 0 Å². The van der Waals surface area contributed by atoms with Crippen molar-refractivity contribution in [2.24, 2.45) is 0 Å². The van der Waals surface area contributed by atoms with Crippen molar-refractivity contribution < 1.29 is 17.1 Å². The van der Waals surface area contributed by atoms with E-state index >= 15 is 0 Å². The molecule has 5 heteroatoms. The molecule has 0 spiro atoms. The van der Waals surface area contributed by atoms with E-state index in [0.717, 1.165) is 0 Å². The average Bonchev–Trinajstić information content (AvgIpc) is 1.00. The van der Waals surface area contributed by atoms with Gasteiger partial charge >= 0.3 is 45.6 Å². The van der Waals surface area contributed by atoms with Gasteiger partial charge < -0.3 is 0 Å². The van der Waals surface area contributed by atoms with Crippen molar-refractivity contribution in [1.82, 2.24) is 0 Å². The van der Waals surface area contributed by atoms with Crippen LogP contribution in [0.5, 0.6) is 0 Å². The maximum atomic E-state index is 3.22. The van der Waals surface area contributed by atoms with Gasteiger partial charge in [0.2, 0.25) is 0 Å². The third kappa shape index (κ3) is 20.2.